The molecule has 100 valence electrons. The molecule has 1 heterocycles. The number of halogens is 3. The molecule has 0 aromatic heterocycles. The summed E-state index contributed by atoms with van der Waals surface area (Å²) < 4.78 is 33.9. The molecule has 1 amide bonds. The SMILES string of the molecule is C[C@@H](N)C(=O)Nc1ccc2c(c1)OC(F)(F)O2.Cl. The topological polar surface area (TPSA) is 73.6 Å². The first-order chi connectivity index (χ1) is 7.87. The van der Waals surface area contributed by atoms with Crippen molar-refractivity contribution in [3.8, 4) is 11.5 Å². The lowest BCUT2D eigenvalue weighted by Gasteiger charge is -2.07. The first-order valence-corrected chi connectivity index (χ1v) is 4.84. The maximum Gasteiger partial charge on any atom is 0.586 e. The van der Waals surface area contributed by atoms with Gasteiger partial charge in [-0.2, -0.15) is 0 Å². The highest BCUT2D eigenvalue weighted by molar-refractivity contribution is 5.94. The van der Waals surface area contributed by atoms with E-state index in [4.69, 9.17) is 5.73 Å². The normalized spacial score (nSPS) is 16.7. The van der Waals surface area contributed by atoms with Crippen LogP contribution < -0.4 is 20.5 Å². The summed E-state index contributed by atoms with van der Waals surface area (Å²) in [6.45, 7) is 1.51. The van der Waals surface area contributed by atoms with Gasteiger partial charge in [-0.15, -0.1) is 21.2 Å². The Labute approximate surface area is 108 Å². The molecular weight excluding hydrogens is 270 g/mol. The number of carbonyl (C=O) groups is 1. The van der Waals surface area contributed by atoms with Gasteiger partial charge >= 0.3 is 6.29 Å². The molecule has 0 spiro atoms. The Morgan fingerprint density at radius 1 is 1.39 bits per heavy atom. The second-order valence-electron chi connectivity index (χ2n) is 3.61. The van der Waals surface area contributed by atoms with Crippen molar-refractivity contribution < 1.29 is 23.0 Å². The average molecular weight is 281 g/mol. The molecule has 1 atom stereocenters. The largest absolute Gasteiger partial charge is 0.586 e. The van der Waals surface area contributed by atoms with Gasteiger partial charge in [-0.25, -0.2) is 0 Å². The third-order valence-electron chi connectivity index (χ3n) is 2.08. The van der Waals surface area contributed by atoms with Gasteiger partial charge in [0.15, 0.2) is 11.5 Å². The quantitative estimate of drug-likeness (QED) is 0.865. The number of rotatable bonds is 2. The summed E-state index contributed by atoms with van der Waals surface area (Å²) in [5.41, 5.74) is 5.66. The number of ether oxygens (including phenoxy) is 2. The number of benzene rings is 1. The summed E-state index contributed by atoms with van der Waals surface area (Å²) in [4.78, 5) is 11.3. The Hall–Kier alpha value is -1.60. The van der Waals surface area contributed by atoms with Crippen LogP contribution in [-0.4, -0.2) is 18.2 Å². The molecule has 0 bridgehead atoms. The van der Waals surface area contributed by atoms with Gasteiger partial charge in [0.2, 0.25) is 5.91 Å². The lowest BCUT2D eigenvalue weighted by Crippen LogP contribution is -2.32. The third kappa shape index (κ3) is 2.99. The molecule has 5 nitrogen and oxygen atoms in total. The van der Waals surface area contributed by atoms with E-state index >= 15 is 0 Å². The second kappa shape index (κ2) is 4.95. The summed E-state index contributed by atoms with van der Waals surface area (Å²) in [5.74, 6) is -0.623. The highest BCUT2D eigenvalue weighted by Gasteiger charge is 2.43. The zero-order chi connectivity index (χ0) is 12.6. The second-order valence-corrected chi connectivity index (χ2v) is 3.61. The number of hydrogen-bond acceptors (Lipinski definition) is 4. The van der Waals surface area contributed by atoms with E-state index in [2.05, 4.69) is 14.8 Å². The van der Waals surface area contributed by atoms with Crippen LogP contribution in [0.25, 0.3) is 0 Å². The van der Waals surface area contributed by atoms with Crippen molar-refractivity contribution in [2.24, 2.45) is 5.73 Å². The molecule has 1 aliphatic rings. The summed E-state index contributed by atoms with van der Waals surface area (Å²) in [6, 6.07) is 3.26. The van der Waals surface area contributed by atoms with Crippen molar-refractivity contribution in [2.45, 2.75) is 19.3 Å². The van der Waals surface area contributed by atoms with Crippen molar-refractivity contribution in [3.05, 3.63) is 18.2 Å². The molecule has 1 aromatic carbocycles. The summed E-state index contributed by atoms with van der Waals surface area (Å²) >= 11 is 0. The number of anilines is 1. The molecule has 0 saturated carbocycles. The summed E-state index contributed by atoms with van der Waals surface area (Å²) in [7, 11) is 0. The first-order valence-electron chi connectivity index (χ1n) is 4.84. The zero-order valence-corrected chi connectivity index (χ0v) is 10.1. The highest BCUT2D eigenvalue weighted by Crippen LogP contribution is 2.42. The van der Waals surface area contributed by atoms with E-state index in [1.807, 2.05) is 0 Å². The minimum Gasteiger partial charge on any atom is -0.395 e. The van der Waals surface area contributed by atoms with Gasteiger partial charge < -0.3 is 20.5 Å². The number of alkyl halides is 2. The van der Waals surface area contributed by atoms with E-state index in [9.17, 15) is 13.6 Å². The number of amides is 1. The molecule has 0 radical (unpaired) electrons. The Kier molecular flexibility index (Phi) is 3.98. The number of nitrogens with two attached hydrogens (primary N) is 1. The number of hydrogen-bond donors (Lipinski definition) is 2. The Morgan fingerprint density at radius 2 is 2.00 bits per heavy atom. The van der Waals surface area contributed by atoms with Crippen LogP contribution in [0.15, 0.2) is 18.2 Å². The van der Waals surface area contributed by atoms with Gasteiger partial charge in [-0.1, -0.05) is 0 Å². The van der Waals surface area contributed by atoms with Crippen molar-refractivity contribution in [1.82, 2.24) is 0 Å². The minimum atomic E-state index is -3.66. The van der Waals surface area contributed by atoms with Crippen LogP contribution in [0.2, 0.25) is 0 Å². The predicted octanol–water partition coefficient (Wildman–Crippen LogP) is 1.72. The molecule has 1 aliphatic heterocycles. The van der Waals surface area contributed by atoms with E-state index in [0.717, 1.165) is 0 Å². The average Bonchev–Trinajstić information content (AvgIpc) is 2.50. The molecule has 3 N–H and O–H groups in total. The highest BCUT2D eigenvalue weighted by atomic mass is 35.5. The van der Waals surface area contributed by atoms with E-state index in [0.29, 0.717) is 5.69 Å². The third-order valence-corrected chi connectivity index (χ3v) is 2.08. The smallest absolute Gasteiger partial charge is 0.395 e. The van der Waals surface area contributed by atoms with Crippen LogP contribution in [0.5, 0.6) is 11.5 Å². The van der Waals surface area contributed by atoms with Gasteiger partial charge in [-0.3, -0.25) is 4.79 Å². The van der Waals surface area contributed by atoms with Gasteiger partial charge in [-0.05, 0) is 19.1 Å². The van der Waals surface area contributed by atoms with Gasteiger partial charge in [0.05, 0.1) is 6.04 Å². The van der Waals surface area contributed by atoms with Crippen LogP contribution >= 0.6 is 12.4 Å². The maximum atomic E-state index is 12.7. The van der Waals surface area contributed by atoms with Crippen LogP contribution in [0.4, 0.5) is 14.5 Å². The monoisotopic (exact) mass is 280 g/mol. The van der Waals surface area contributed by atoms with E-state index < -0.39 is 18.2 Å². The summed E-state index contributed by atoms with van der Waals surface area (Å²) in [5, 5.41) is 2.45. The van der Waals surface area contributed by atoms with E-state index in [1.165, 1.54) is 25.1 Å². The zero-order valence-electron chi connectivity index (χ0n) is 9.28. The lowest BCUT2D eigenvalue weighted by molar-refractivity contribution is -0.286. The molecule has 0 aliphatic carbocycles. The standard InChI is InChI=1S/C10H10F2N2O3.ClH/c1-5(13)9(15)14-6-2-3-7-8(4-6)17-10(11,12)16-7;/h2-5H,13H2,1H3,(H,14,15);1H/t5-;/m1./s1. The van der Waals surface area contributed by atoms with Crippen LogP contribution in [0.3, 0.4) is 0 Å². The Morgan fingerprint density at radius 3 is 2.61 bits per heavy atom. The molecule has 1 aromatic rings. The van der Waals surface area contributed by atoms with E-state index in [1.54, 1.807) is 0 Å². The fourth-order valence-electron chi connectivity index (χ4n) is 1.28. The van der Waals surface area contributed by atoms with Crippen molar-refractivity contribution in [3.63, 3.8) is 0 Å². The molecule has 0 fully saturated rings. The van der Waals surface area contributed by atoms with Gasteiger partial charge in [0.25, 0.3) is 0 Å². The molecule has 0 saturated heterocycles. The van der Waals surface area contributed by atoms with Crippen molar-refractivity contribution in [2.75, 3.05) is 5.32 Å². The number of nitrogens with one attached hydrogen (secondary N) is 1. The van der Waals surface area contributed by atoms with E-state index in [-0.39, 0.29) is 23.9 Å². The molecule has 2 rings (SSSR count). The van der Waals surface area contributed by atoms with Gasteiger partial charge in [0, 0.05) is 11.8 Å². The summed E-state index contributed by atoms with van der Waals surface area (Å²) in [6.07, 6.45) is -3.66. The number of fused-ring (bicyclic) bond motifs is 1. The number of carbonyl (C=O) groups excluding carboxylic acids is 1. The Balaban J connectivity index is 0.00000162. The molecule has 18 heavy (non-hydrogen) atoms. The van der Waals surface area contributed by atoms with Crippen LogP contribution in [0.1, 0.15) is 6.92 Å². The van der Waals surface area contributed by atoms with Crippen LogP contribution in [-0.2, 0) is 4.79 Å². The first kappa shape index (κ1) is 14.5. The van der Waals surface area contributed by atoms with Gasteiger partial charge in [0.1, 0.15) is 0 Å². The van der Waals surface area contributed by atoms with Crippen molar-refractivity contribution in [1.29, 1.82) is 0 Å². The fraction of sp³-hybridized carbons (Fsp3) is 0.300. The Bertz CT molecular complexity index is 468. The lowest BCUT2D eigenvalue weighted by atomic mass is 10.2. The molecule has 8 heteroatoms. The molecular formula is C10H11ClF2N2O3. The van der Waals surface area contributed by atoms with Crippen LogP contribution in [0, 0.1) is 0 Å². The fourth-order valence-corrected chi connectivity index (χ4v) is 1.28. The predicted molar refractivity (Wildman–Crippen MR) is 62.2 cm³/mol. The minimum absolute atomic E-state index is 0. The maximum absolute atomic E-state index is 12.7. The molecule has 0 unspecified atom stereocenters. The van der Waals surface area contributed by atoms with Crippen molar-refractivity contribution >= 4 is 24.0 Å².